The van der Waals surface area contributed by atoms with Crippen LogP contribution < -0.4 is 10.0 Å². The van der Waals surface area contributed by atoms with Gasteiger partial charge in [0.25, 0.3) is 0 Å². The third-order valence-corrected chi connectivity index (χ3v) is 9.47. The molecule has 3 N–H and O–H groups in total. The van der Waals surface area contributed by atoms with Crippen molar-refractivity contribution in [2.24, 2.45) is 5.92 Å². The number of likely N-dealkylation sites (tertiary alicyclic amines) is 1. The van der Waals surface area contributed by atoms with E-state index in [1.165, 1.54) is 18.2 Å². The maximum absolute atomic E-state index is 13.5. The lowest BCUT2D eigenvalue weighted by Gasteiger charge is -2.35. The average molecular weight is 617 g/mol. The van der Waals surface area contributed by atoms with Crippen LogP contribution in [0.15, 0.2) is 47.4 Å². The molecule has 4 rings (SSSR count). The highest BCUT2D eigenvalue weighted by atomic mass is 35.5. The zero-order chi connectivity index (χ0) is 28.2. The molecule has 3 unspecified atom stereocenters. The Morgan fingerprint density at radius 1 is 1.03 bits per heavy atom. The van der Waals surface area contributed by atoms with E-state index in [1.54, 1.807) is 29.2 Å². The van der Waals surface area contributed by atoms with Crippen LogP contribution in [-0.4, -0.2) is 55.5 Å². The smallest absolute Gasteiger partial charge is 0.241 e. The maximum atomic E-state index is 13.5. The number of hydrogen-bond donors (Lipinski definition) is 3. The number of nitrogens with one attached hydrogen (secondary N) is 2. The molecule has 12 heteroatoms. The van der Waals surface area contributed by atoms with E-state index < -0.39 is 22.2 Å². The first-order valence-corrected chi connectivity index (χ1v) is 15.6. The van der Waals surface area contributed by atoms with Gasteiger partial charge in [0.1, 0.15) is 0 Å². The van der Waals surface area contributed by atoms with Crippen molar-refractivity contribution in [3.05, 3.63) is 63.1 Å². The first-order chi connectivity index (χ1) is 18.5. The standard InChI is InChI=1S/C27H32Cl3N3O5S/c28-18-11-19(29)13-22(12-18)39(37,38)32-25(23-8-1-2-9-24(23)30)15-26(35)33-10-4-5-17(16-33)27(36)31-20-6-3-7-21(34)14-20/h1-2,8-9,11-13,17,20-21,25,32,34H,3-7,10,14-16H2,(H,31,36)/t17-,20?,21?,25?/m1/s1. The van der Waals surface area contributed by atoms with Gasteiger partial charge in [0.15, 0.2) is 0 Å². The van der Waals surface area contributed by atoms with E-state index in [0.717, 1.165) is 19.3 Å². The van der Waals surface area contributed by atoms with Gasteiger partial charge in [-0.1, -0.05) is 53.0 Å². The van der Waals surface area contributed by atoms with Crippen molar-refractivity contribution < 1.29 is 23.1 Å². The van der Waals surface area contributed by atoms with E-state index >= 15 is 0 Å². The van der Waals surface area contributed by atoms with E-state index in [1.807, 2.05) is 0 Å². The van der Waals surface area contributed by atoms with Gasteiger partial charge in [0, 0.05) is 40.6 Å². The third kappa shape index (κ3) is 8.08. The van der Waals surface area contributed by atoms with Crippen molar-refractivity contribution in [3.8, 4) is 0 Å². The molecule has 4 atom stereocenters. The van der Waals surface area contributed by atoms with Crippen LogP contribution in [0.2, 0.25) is 15.1 Å². The fraction of sp³-hybridized carbons (Fsp3) is 0.481. The Kier molecular flexibility index (Phi) is 10.2. The minimum absolute atomic E-state index is 0.0636. The summed E-state index contributed by atoms with van der Waals surface area (Å²) in [5.41, 5.74) is 0.450. The minimum atomic E-state index is -4.12. The molecule has 2 aromatic rings. The Hall–Kier alpha value is -1.88. The van der Waals surface area contributed by atoms with Crippen LogP contribution in [0.3, 0.4) is 0 Å². The summed E-state index contributed by atoms with van der Waals surface area (Å²) in [5, 5.41) is 13.6. The summed E-state index contributed by atoms with van der Waals surface area (Å²) in [6.07, 6.45) is 3.69. The van der Waals surface area contributed by atoms with Crippen LogP contribution in [0.25, 0.3) is 0 Å². The summed E-state index contributed by atoms with van der Waals surface area (Å²) >= 11 is 18.5. The molecule has 1 aliphatic carbocycles. The highest BCUT2D eigenvalue weighted by Gasteiger charge is 2.33. The number of rotatable bonds is 8. The molecule has 1 saturated heterocycles. The Bertz CT molecular complexity index is 1290. The number of halogens is 3. The van der Waals surface area contributed by atoms with Crippen LogP contribution in [0, 0.1) is 5.92 Å². The second-order valence-electron chi connectivity index (χ2n) is 10.2. The second-order valence-corrected chi connectivity index (χ2v) is 13.2. The molecule has 1 aliphatic heterocycles. The highest BCUT2D eigenvalue weighted by molar-refractivity contribution is 7.89. The summed E-state index contributed by atoms with van der Waals surface area (Å²) in [6.45, 7) is 0.711. The van der Waals surface area contributed by atoms with E-state index in [-0.39, 0.29) is 51.7 Å². The predicted octanol–water partition coefficient (Wildman–Crippen LogP) is 4.71. The lowest BCUT2D eigenvalue weighted by molar-refractivity contribution is -0.136. The molecule has 0 bridgehead atoms. The zero-order valence-corrected chi connectivity index (χ0v) is 24.4. The number of sulfonamides is 1. The molecule has 2 amide bonds. The van der Waals surface area contributed by atoms with Gasteiger partial charge in [-0.25, -0.2) is 13.1 Å². The Labute approximate surface area is 244 Å². The molecule has 2 aromatic carbocycles. The highest BCUT2D eigenvalue weighted by Crippen LogP contribution is 2.30. The molecule has 0 radical (unpaired) electrons. The van der Waals surface area contributed by atoms with Crippen molar-refractivity contribution in [2.45, 2.75) is 68.0 Å². The van der Waals surface area contributed by atoms with Crippen molar-refractivity contribution in [1.29, 1.82) is 0 Å². The summed E-state index contributed by atoms with van der Waals surface area (Å²) in [4.78, 5) is 27.9. The number of aliphatic hydroxyl groups is 1. The monoisotopic (exact) mass is 615 g/mol. The Morgan fingerprint density at radius 2 is 1.74 bits per heavy atom. The van der Waals surface area contributed by atoms with Gasteiger partial charge in [0.05, 0.1) is 23.0 Å². The molecular weight excluding hydrogens is 585 g/mol. The maximum Gasteiger partial charge on any atom is 0.241 e. The molecule has 8 nitrogen and oxygen atoms in total. The van der Waals surface area contributed by atoms with Crippen molar-refractivity contribution in [3.63, 3.8) is 0 Å². The number of aliphatic hydroxyl groups excluding tert-OH is 1. The SMILES string of the molecule is O=C(NC1CCCC(O)C1)[C@@H]1CCCN(C(=O)CC(NS(=O)(=O)c2cc(Cl)cc(Cl)c2)c2ccccc2Cl)C1. The van der Waals surface area contributed by atoms with E-state index in [0.29, 0.717) is 36.4 Å². The minimum Gasteiger partial charge on any atom is -0.393 e. The van der Waals surface area contributed by atoms with Crippen molar-refractivity contribution in [1.82, 2.24) is 14.9 Å². The van der Waals surface area contributed by atoms with Gasteiger partial charge >= 0.3 is 0 Å². The molecule has 1 heterocycles. The third-order valence-electron chi connectivity index (χ3n) is 7.24. The second kappa shape index (κ2) is 13.2. The molecule has 0 aromatic heterocycles. The quantitative estimate of drug-likeness (QED) is 0.397. The molecular formula is C27H32Cl3N3O5S. The van der Waals surface area contributed by atoms with Crippen LogP contribution >= 0.6 is 34.8 Å². The van der Waals surface area contributed by atoms with Crippen molar-refractivity contribution >= 4 is 56.6 Å². The average Bonchev–Trinajstić information content (AvgIpc) is 2.88. The number of carbonyl (C=O) groups is 2. The van der Waals surface area contributed by atoms with Gasteiger partial charge in [-0.2, -0.15) is 0 Å². The normalized spacial score (nSPS) is 22.8. The Balaban J connectivity index is 1.48. The fourth-order valence-corrected chi connectivity index (χ4v) is 7.46. The first-order valence-electron chi connectivity index (χ1n) is 13.0. The summed E-state index contributed by atoms with van der Waals surface area (Å²) in [5.74, 6) is -0.782. The van der Waals surface area contributed by atoms with Crippen LogP contribution in [-0.2, 0) is 19.6 Å². The van der Waals surface area contributed by atoms with E-state index in [2.05, 4.69) is 10.0 Å². The van der Waals surface area contributed by atoms with Gasteiger partial charge in [0.2, 0.25) is 21.8 Å². The van der Waals surface area contributed by atoms with Crippen LogP contribution in [0.5, 0.6) is 0 Å². The topological polar surface area (TPSA) is 116 Å². The molecule has 2 aliphatic rings. The van der Waals surface area contributed by atoms with Crippen LogP contribution in [0.4, 0.5) is 0 Å². The number of nitrogens with zero attached hydrogens (tertiary/aromatic N) is 1. The first kappa shape index (κ1) is 30.1. The number of carbonyl (C=O) groups excluding carboxylic acids is 2. The fourth-order valence-electron chi connectivity index (χ4n) is 5.25. The van der Waals surface area contributed by atoms with E-state index in [4.69, 9.17) is 34.8 Å². The van der Waals surface area contributed by atoms with Gasteiger partial charge in [-0.05, 0) is 68.4 Å². The number of hydrogen-bond acceptors (Lipinski definition) is 5. The molecule has 212 valence electrons. The largest absolute Gasteiger partial charge is 0.393 e. The van der Waals surface area contributed by atoms with Crippen molar-refractivity contribution in [2.75, 3.05) is 13.1 Å². The van der Waals surface area contributed by atoms with Crippen LogP contribution in [0.1, 0.15) is 56.6 Å². The zero-order valence-electron chi connectivity index (χ0n) is 21.3. The van der Waals surface area contributed by atoms with E-state index in [9.17, 15) is 23.1 Å². The molecule has 39 heavy (non-hydrogen) atoms. The predicted molar refractivity (Wildman–Crippen MR) is 151 cm³/mol. The molecule has 1 saturated carbocycles. The van der Waals surface area contributed by atoms with Gasteiger partial charge < -0.3 is 15.3 Å². The summed E-state index contributed by atoms with van der Waals surface area (Å²) < 4.78 is 29.2. The van der Waals surface area contributed by atoms with Gasteiger partial charge in [-0.15, -0.1) is 0 Å². The van der Waals surface area contributed by atoms with Gasteiger partial charge in [-0.3, -0.25) is 9.59 Å². The summed E-state index contributed by atoms with van der Waals surface area (Å²) in [7, 11) is -4.12. The lowest BCUT2D eigenvalue weighted by atomic mass is 9.91. The Morgan fingerprint density at radius 3 is 2.44 bits per heavy atom. The number of benzene rings is 2. The number of amides is 2. The molecule has 2 fully saturated rings. The number of piperidine rings is 1. The molecule has 0 spiro atoms. The lowest BCUT2D eigenvalue weighted by Crippen LogP contribution is -2.49. The summed E-state index contributed by atoms with van der Waals surface area (Å²) in [6, 6.07) is 9.68.